The van der Waals surface area contributed by atoms with Gasteiger partial charge in [-0.3, -0.25) is 4.79 Å². The molecular weight excluding hydrogens is 348 g/mol. The molecule has 1 aliphatic heterocycles. The summed E-state index contributed by atoms with van der Waals surface area (Å²) in [5, 5.41) is 2.80. The van der Waals surface area contributed by atoms with Gasteiger partial charge in [-0.2, -0.15) is 0 Å². The first-order chi connectivity index (χ1) is 12.5. The van der Waals surface area contributed by atoms with Gasteiger partial charge in [0.15, 0.2) is 17.2 Å². The standard InChI is InChI=1S/C17H11F2N3O4/c18-9-2-1-3-10(19)13(9)16-22-14(15(20)23)17(26-16)21-8-4-5-11-12(6-8)25-7-24-11/h1-6,21H,7H2,(H2,20,23). The number of hydrogen-bond donors (Lipinski definition) is 2. The summed E-state index contributed by atoms with van der Waals surface area (Å²) in [6.45, 7) is 0.102. The van der Waals surface area contributed by atoms with E-state index >= 15 is 0 Å². The fraction of sp³-hybridized carbons (Fsp3) is 0.0588. The number of amides is 1. The number of nitrogens with two attached hydrogens (primary N) is 1. The summed E-state index contributed by atoms with van der Waals surface area (Å²) in [6.07, 6.45) is 0. The van der Waals surface area contributed by atoms with E-state index in [0.29, 0.717) is 17.2 Å². The molecule has 3 N–H and O–H groups in total. The summed E-state index contributed by atoms with van der Waals surface area (Å²) in [4.78, 5) is 15.5. The highest BCUT2D eigenvalue weighted by atomic mass is 19.1. The number of fused-ring (bicyclic) bond motifs is 1. The first-order valence-electron chi connectivity index (χ1n) is 7.44. The van der Waals surface area contributed by atoms with Crippen molar-refractivity contribution in [3.05, 3.63) is 53.7 Å². The Morgan fingerprint density at radius 1 is 1.12 bits per heavy atom. The molecule has 9 heteroatoms. The van der Waals surface area contributed by atoms with Gasteiger partial charge in [-0.25, -0.2) is 13.8 Å². The van der Waals surface area contributed by atoms with E-state index in [9.17, 15) is 13.6 Å². The lowest BCUT2D eigenvalue weighted by Crippen LogP contribution is -2.13. The predicted molar refractivity (Wildman–Crippen MR) is 86.2 cm³/mol. The summed E-state index contributed by atoms with van der Waals surface area (Å²) < 4.78 is 43.7. The van der Waals surface area contributed by atoms with Crippen molar-refractivity contribution in [1.29, 1.82) is 0 Å². The third-order valence-corrected chi connectivity index (χ3v) is 3.67. The van der Waals surface area contributed by atoms with Gasteiger partial charge in [0.25, 0.3) is 5.91 Å². The number of carbonyl (C=O) groups is 1. The minimum Gasteiger partial charge on any atom is -0.454 e. The maximum Gasteiger partial charge on any atom is 0.273 e. The number of rotatable bonds is 4. The maximum absolute atomic E-state index is 13.9. The van der Waals surface area contributed by atoms with Gasteiger partial charge in [0.2, 0.25) is 18.6 Å². The third-order valence-electron chi connectivity index (χ3n) is 3.67. The number of nitrogens with zero attached hydrogens (tertiary/aromatic N) is 1. The second kappa shape index (κ2) is 6.03. The van der Waals surface area contributed by atoms with Crippen molar-refractivity contribution in [2.45, 2.75) is 0 Å². The van der Waals surface area contributed by atoms with Gasteiger partial charge in [0, 0.05) is 11.8 Å². The van der Waals surface area contributed by atoms with Crippen LogP contribution < -0.4 is 20.5 Å². The van der Waals surface area contributed by atoms with Crippen molar-refractivity contribution < 1.29 is 27.5 Å². The number of nitrogens with one attached hydrogen (secondary N) is 1. The van der Waals surface area contributed by atoms with Crippen LogP contribution in [-0.2, 0) is 0 Å². The van der Waals surface area contributed by atoms with Crippen LogP contribution in [0.5, 0.6) is 11.5 Å². The molecule has 7 nitrogen and oxygen atoms in total. The molecule has 2 aromatic carbocycles. The monoisotopic (exact) mass is 359 g/mol. The number of benzene rings is 2. The van der Waals surface area contributed by atoms with Gasteiger partial charge in [-0.05, 0) is 24.3 Å². The molecule has 1 aliphatic rings. The van der Waals surface area contributed by atoms with Crippen LogP contribution in [0.15, 0.2) is 40.8 Å². The van der Waals surface area contributed by atoms with E-state index in [1.807, 2.05) is 0 Å². The summed E-state index contributed by atoms with van der Waals surface area (Å²) in [5.74, 6) is -2.16. The van der Waals surface area contributed by atoms with E-state index < -0.39 is 29.0 Å². The quantitative estimate of drug-likeness (QED) is 0.742. The third kappa shape index (κ3) is 2.69. The van der Waals surface area contributed by atoms with Crippen molar-refractivity contribution in [3.8, 4) is 23.0 Å². The molecule has 0 saturated heterocycles. The lowest BCUT2D eigenvalue weighted by atomic mass is 10.2. The minimum absolute atomic E-state index is 0.102. The van der Waals surface area contributed by atoms with Crippen molar-refractivity contribution in [2.24, 2.45) is 5.73 Å². The predicted octanol–water partition coefficient (Wildman–Crippen LogP) is 3.19. The molecule has 1 amide bonds. The van der Waals surface area contributed by atoms with Crippen LogP contribution >= 0.6 is 0 Å². The van der Waals surface area contributed by atoms with Crippen molar-refractivity contribution in [3.63, 3.8) is 0 Å². The maximum atomic E-state index is 13.9. The molecule has 0 atom stereocenters. The minimum atomic E-state index is -0.917. The Hall–Kier alpha value is -3.62. The number of halogens is 2. The van der Waals surface area contributed by atoms with E-state index in [4.69, 9.17) is 19.6 Å². The summed E-state index contributed by atoms with van der Waals surface area (Å²) in [6, 6.07) is 8.22. The molecule has 0 radical (unpaired) electrons. The van der Waals surface area contributed by atoms with E-state index in [2.05, 4.69) is 10.3 Å². The zero-order valence-electron chi connectivity index (χ0n) is 13.1. The van der Waals surface area contributed by atoms with Gasteiger partial charge in [-0.15, -0.1) is 0 Å². The highest BCUT2D eigenvalue weighted by Gasteiger charge is 2.24. The fourth-order valence-electron chi connectivity index (χ4n) is 2.49. The van der Waals surface area contributed by atoms with Crippen LogP contribution in [0.1, 0.15) is 10.5 Å². The Kier molecular flexibility index (Phi) is 3.68. The molecule has 0 aliphatic carbocycles. The van der Waals surface area contributed by atoms with Gasteiger partial charge >= 0.3 is 0 Å². The molecular formula is C17H11F2N3O4. The molecule has 0 fully saturated rings. The fourth-order valence-corrected chi connectivity index (χ4v) is 2.49. The normalized spacial score (nSPS) is 12.2. The van der Waals surface area contributed by atoms with Crippen molar-refractivity contribution >= 4 is 17.5 Å². The van der Waals surface area contributed by atoms with Gasteiger partial charge in [0.05, 0.1) is 0 Å². The van der Waals surface area contributed by atoms with Crippen LogP contribution in [0.3, 0.4) is 0 Å². The highest BCUT2D eigenvalue weighted by molar-refractivity contribution is 5.96. The SMILES string of the molecule is NC(=O)c1nc(-c2c(F)cccc2F)oc1Nc1ccc2c(c1)OCO2. The second-order valence-corrected chi connectivity index (χ2v) is 5.35. The molecule has 26 heavy (non-hydrogen) atoms. The number of oxazole rings is 1. The number of aromatic nitrogens is 1. The number of hydrogen-bond acceptors (Lipinski definition) is 6. The zero-order chi connectivity index (χ0) is 18.3. The van der Waals surface area contributed by atoms with Crippen LogP contribution in [0.25, 0.3) is 11.5 Å². The van der Waals surface area contributed by atoms with Crippen LogP contribution in [-0.4, -0.2) is 17.7 Å². The molecule has 0 saturated carbocycles. The van der Waals surface area contributed by atoms with Crippen LogP contribution in [0, 0.1) is 11.6 Å². The average molecular weight is 359 g/mol. The summed E-state index contributed by atoms with van der Waals surface area (Å²) in [7, 11) is 0. The van der Waals surface area contributed by atoms with E-state index in [0.717, 1.165) is 12.1 Å². The van der Waals surface area contributed by atoms with Gasteiger partial charge in [-0.1, -0.05) is 6.07 Å². The smallest absolute Gasteiger partial charge is 0.273 e. The van der Waals surface area contributed by atoms with Crippen LogP contribution in [0.4, 0.5) is 20.4 Å². The average Bonchev–Trinajstić information content (AvgIpc) is 3.21. The van der Waals surface area contributed by atoms with Gasteiger partial charge in [0.1, 0.15) is 17.2 Å². The van der Waals surface area contributed by atoms with E-state index in [-0.39, 0.29) is 18.4 Å². The number of carbonyl (C=O) groups excluding carboxylic acids is 1. The zero-order valence-corrected chi connectivity index (χ0v) is 13.1. The van der Waals surface area contributed by atoms with E-state index in [1.165, 1.54) is 6.07 Å². The number of primary amides is 1. The van der Waals surface area contributed by atoms with Crippen molar-refractivity contribution in [2.75, 3.05) is 12.1 Å². The highest BCUT2D eigenvalue weighted by Crippen LogP contribution is 2.36. The Morgan fingerprint density at radius 2 is 1.85 bits per heavy atom. The molecule has 0 bridgehead atoms. The Bertz CT molecular complexity index is 999. The van der Waals surface area contributed by atoms with Crippen molar-refractivity contribution in [1.82, 2.24) is 4.98 Å². The molecule has 132 valence electrons. The Balaban J connectivity index is 1.74. The first-order valence-corrected chi connectivity index (χ1v) is 7.44. The Morgan fingerprint density at radius 3 is 2.58 bits per heavy atom. The largest absolute Gasteiger partial charge is 0.454 e. The summed E-state index contributed by atoms with van der Waals surface area (Å²) >= 11 is 0. The molecule has 4 rings (SSSR count). The molecule has 0 unspecified atom stereocenters. The first kappa shape index (κ1) is 15.9. The molecule has 2 heterocycles. The second-order valence-electron chi connectivity index (χ2n) is 5.35. The molecule has 1 aromatic heterocycles. The number of anilines is 2. The van der Waals surface area contributed by atoms with Gasteiger partial charge < -0.3 is 24.9 Å². The molecule has 0 spiro atoms. The van der Waals surface area contributed by atoms with E-state index in [1.54, 1.807) is 18.2 Å². The number of ether oxygens (including phenoxy) is 2. The Labute approximate surface area is 145 Å². The summed E-state index contributed by atoms with van der Waals surface area (Å²) in [5.41, 5.74) is 4.99. The lowest BCUT2D eigenvalue weighted by molar-refractivity contribution is 0.0996. The van der Waals surface area contributed by atoms with Crippen LogP contribution in [0.2, 0.25) is 0 Å². The molecule has 3 aromatic rings. The topological polar surface area (TPSA) is 99.6 Å². The lowest BCUT2D eigenvalue weighted by Gasteiger charge is -2.05.